The quantitative estimate of drug-likeness (QED) is 0.646. The van der Waals surface area contributed by atoms with Crippen molar-refractivity contribution >= 4 is 17.3 Å². The number of rotatable bonds is 3. The fourth-order valence-electron chi connectivity index (χ4n) is 2.16. The molecular weight excluding hydrogens is 301 g/mol. The monoisotopic (exact) mass is 313 g/mol. The van der Waals surface area contributed by atoms with Crippen molar-refractivity contribution in [3.05, 3.63) is 77.6 Å². The van der Waals surface area contributed by atoms with Crippen molar-refractivity contribution in [2.45, 2.75) is 0 Å². The van der Waals surface area contributed by atoms with Crippen LogP contribution in [0.2, 0.25) is 5.02 Å². The fraction of sp³-hybridized carbons (Fsp3) is 0. The second-order valence-corrected chi connectivity index (χ2v) is 5.21. The van der Waals surface area contributed by atoms with Gasteiger partial charge in [-0.05, 0) is 42.0 Å². The van der Waals surface area contributed by atoms with Gasteiger partial charge in [0.1, 0.15) is 17.3 Å². The molecular formula is C18H13ClFNO. The molecule has 3 aromatic carbocycles. The molecule has 110 valence electrons. The van der Waals surface area contributed by atoms with Gasteiger partial charge in [-0.2, -0.15) is 0 Å². The summed E-state index contributed by atoms with van der Waals surface area (Å²) in [6, 6.07) is 19.1. The summed E-state index contributed by atoms with van der Waals surface area (Å²) in [5.74, 6) is 0.594. The highest BCUT2D eigenvalue weighted by Crippen LogP contribution is 2.37. The molecule has 4 heteroatoms. The molecule has 0 heterocycles. The molecule has 0 aliphatic rings. The van der Waals surface area contributed by atoms with Crippen LogP contribution in [0.1, 0.15) is 0 Å². The van der Waals surface area contributed by atoms with E-state index in [9.17, 15) is 4.39 Å². The van der Waals surface area contributed by atoms with Gasteiger partial charge in [-0.3, -0.25) is 0 Å². The van der Waals surface area contributed by atoms with Crippen LogP contribution in [0, 0.1) is 5.82 Å². The average molecular weight is 314 g/mol. The molecule has 2 N–H and O–H groups in total. The van der Waals surface area contributed by atoms with Crippen LogP contribution in [0.5, 0.6) is 11.5 Å². The van der Waals surface area contributed by atoms with E-state index in [0.29, 0.717) is 17.2 Å². The van der Waals surface area contributed by atoms with Crippen LogP contribution < -0.4 is 10.5 Å². The standard InChI is InChI=1S/C18H13ClFNO/c19-16-10-13(20)6-8-18(16)22-17-9-7-14(21)11-15(17)12-4-2-1-3-5-12/h1-11H,21H2. The van der Waals surface area contributed by atoms with Crippen LogP contribution in [0.3, 0.4) is 0 Å². The Kier molecular flexibility index (Phi) is 3.98. The van der Waals surface area contributed by atoms with Gasteiger partial charge in [0, 0.05) is 11.3 Å². The first-order valence-corrected chi connectivity index (χ1v) is 7.09. The number of nitrogens with two attached hydrogens (primary N) is 1. The lowest BCUT2D eigenvalue weighted by atomic mass is 10.0. The summed E-state index contributed by atoms with van der Waals surface area (Å²) in [6.45, 7) is 0. The molecule has 0 aromatic heterocycles. The highest BCUT2D eigenvalue weighted by Gasteiger charge is 2.10. The molecule has 2 nitrogen and oxygen atoms in total. The lowest BCUT2D eigenvalue weighted by Crippen LogP contribution is -1.92. The predicted molar refractivity (Wildman–Crippen MR) is 87.8 cm³/mol. The zero-order valence-electron chi connectivity index (χ0n) is 11.6. The Bertz CT molecular complexity index is 805. The summed E-state index contributed by atoms with van der Waals surface area (Å²) in [5.41, 5.74) is 8.34. The molecule has 3 aromatic rings. The van der Waals surface area contributed by atoms with E-state index >= 15 is 0 Å². The molecule has 0 saturated carbocycles. The Morgan fingerprint density at radius 1 is 0.864 bits per heavy atom. The summed E-state index contributed by atoms with van der Waals surface area (Å²) < 4.78 is 19.0. The first kappa shape index (κ1) is 14.4. The number of hydrogen-bond donors (Lipinski definition) is 1. The molecule has 0 unspecified atom stereocenters. The van der Waals surface area contributed by atoms with Gasteiger partial charge in [0.15, 0.2) is 0 Å². The van der Waals surface area contributed by atoms with Crippen LogP contribution in [-0.4, -0.2) is 0 Å². The van der Waals surface area contributed by atoms with Crippen LogP contribution in [0.15, 0.2) is 66.7 Å². The van der Waals surface area contributed by atoms with Gasteiger partial charge in [0.25, 0.3) is 0 Å². The zero-order valence-corrected chi connectivity index (χ0v) is 12.3. The molecule has 0 fully saturated rings. The van der Waals surface area contributed by atoms with Crippen LogP contribution in [-0.2, 0) is 0 Å². The summed E-state index contributed by atoms with van der Waals surface area (Å²) in [5, 5.41) is 0.218. The third-order valence-corrected chi connectivity index (χ3v) is 3.50. The van der Waals surface area contributed by atoms with Gasteiger partial charge >= 0.3 is 0 Å². The Balaban J connectivity index is 2.04. The van der Waals surface area contributed by atoms with Crippen molar-refractivity contribution in [1.29, 1.82) is 0 Å². The van der Waals surface area contributed by atoms with Gasteiger partial charge in [0.05, 0.1) is 5.02 Å². The van der Waals surface area contributed by atoms with E-state index in [2.05, 4.69) is 0 Å². The van der Waals surface area contributed by atoms with E-state index in [0.717, 1.165) is 11.1 Å². The minimum atomic E-state index is -0.405. The molecule has 0 bridgehead atoms. The minimum Gasteiger partial charge on any atom is -0.455 e. The summed E-state index contributed by atoms with van der Waals surface area (Å²) in [6.07, 6.45) is 0. The lowest BCUT2D eigenvalue weighted by molar-refractivity contribution is 0.482. The van der Waals surface area contributed by atoms with E-state index in [4.69, 9.17) is 22.1 Å². The first-order valence-electron chi connectivity index (χ1n) is 6.71. The molecule has 0 aliphatic heterocycles. The molecule has 0 aliphatic carbocycles. The molecule has 3 rings (SSSR count). The van der Waals surface area contributed by atoms with Crippen molar-refractivity contribution in [3.8, 4) is 22.6 Å². The van der Waals surface area contributed by atoms with E-state index < -0.39 is 5.82 Å². The molecule has 0 spiro atoms. The maximum atomic E-state index is 13.1. The van der Waals surface area contributed by atoms with E-state index in [1.165, 1.54) is 18.2 Å². The topological polar surface area (TPSA) is 35.2 Å². The fourth-order valence-corrected chi connectivity index (χ4v) is 2.36. The molecule has 0 saturated heterocycles. The Labute approximate surface area is 132 Å². The maximum absolute atomic E-state index is 13.1. The Hall–Kier alpha value is -2.52. The zero-order chi connectivity index (χ0) is 15.5. The largest absolute Gasteiger partial charge is 0.455 e. The van der Waals surface area contributed by atoms with Crippen molar-refractivity contribution in [3.63, 3.8) is 0 Å². The number of ether oxygens (including phenoxy) is 1. The van der Waals surface area contributed by atoms with E-state index in [1.807, 2.05) is 36.4 Å². The number of nitrogen functional groups attached to an aromatic ring is 1. The second kappa shape index (κ2) is 6.08. The van der Waals surface area contributed by atoms with Gasteiger partial charge in [-0.15, -0.1) is 0 Å². The summed E-state index contributed by atoms with van der Waals surface area (Å²) in [7, 11) is 0. The maximum Gasteiger partial charge on any atom is 0.146 e. The van der Waals surface area contributed by atoms with E-state index in [1.54, 1.807) is 12.1 Å². The number of halogens is 2. The predicted octanol–water partition coefficient (Wildman–Crippen LogP) is 5.52. The normalized spacial score (nSPS) is 10.5. The van der Waals surface area contributed by atoms with Crippen LogP contribution >= 0.6 is 11.6 Å². The van der Waals surface area contributed by atoms with Gasteiger partial charge in [-0.25, -0.2) is 4.39 Å². The summed E-state index contributed by atoms with van der Waals surface area (Å²) in [4.78, 5) is 0. The van der Waals surface area contributed by atoms with Gasteiger partial charge in [-0.1, -0.05) is 41.9 Å². The average Bonchev–Trinajstić information content (AvgIpc) is 2.52. The third kappa shape index (κ3) is 3.05. The van der Waals surface area contributed by atoms with Gasteiger partial charge in [0.2, 0.25) is 0 Å². The van der Waals surface area contributed by atoms with E-state index in [-0.39, 0.29) is 5.02 Å². The lowest BCUT2D eigenvalue weighted by Gasteiger charge is -2.13. The van der Waals surface area contributed by atoms with Crippen LogP contribution in [0.25, 0.3) is 11.1 Å². The third-order valence-electron chi connectivity index (χ3n) is 3.20. The number of anilines is 1. The smallest absolute Gasteiger partial charge is 0.146 e. The molecule has 0 radical (unpaired) electrons. The minimum absolute atomic E-state index is 0.218. The Morgan fingerprint density at radius 2 is 1.59 bits per heavy atom. The molecule has 0 atom stereocenters. The molecule has 0 amide bonds. The number of benzene rings is 3. The summed E-state index contributed by atoms with van der Waals surface area (Å²) >= 11 is 6.02. The van der Waals surface area contributed by atoms with Crippen molar-refractivity contribution in [2.75, 3.05) is 5.73 Å². The number of hydrogen-bond acceptors (Lipinski definition) is 2. The SMILES string of the molecule is Nc1ccc(Oc2ccc(F)cc2Cl)c(-c2ccccc2)c1. The van der Waals surface area contributed by atoms with Gasteiger partial charge < -0.3 is 10.5 Å². The molecule has 22 heavy (non-hydrogen) atoms. The van der Waals surface area contributed by atoms with Crippen molar-refractivity contribution < 1.29 is 9.13 Å². The first-order chi connectivity index (χ1) is 10.6. The highest BCUT2D eigenvalue weighted by atomic mass is 35.5. The second-order valence-electron chi connectivity index (χ2n) is 4.80. The highest BCUT2D eigenvalue weighted by molar-refractivity contribution is 6.32. The Morgan fingerprint density at radius 3 is 2.32 bits per heavy atom. The van der Waals surface area contributed by atoms with Crippen molar-refractivity contribution in [2.24, 2.45) is 0 Å². The van der Waals surface area contributed by atoms with Crippen LogP contribution in [0.4, 0.5) is 10.1 Å². The van der Waals surface area contributed by atoms with Crippen molar-refractivity contribution in [1.82, 2.24) is 0 Å².